The molecule has 0 unspecified atom stereocenters. The van der Waals surface area contributed by atoms with Crippen LogP contribution < -0.4 is 4.90 Å². The quantitative estimate of drug-likeness (QED) is 0.845. The van der Waals surface area contributed by atoms with E-state index in [1.54, 1.807) is 11.3 Å². The minimum atomic E-state index is 0.854. The van der Waals surface area contributed by atoms with Gasteiger partial charge in [-0.2, -0.15) is 0 Å². The van der Waals surface area contributed by atoms with E-state index in [2.05, 4.69) is 19.9 Å². The third kappa shape index (κ3) is 2.54. The Balaban J connectivity index is 1.54. The number of aryl methyl sites for hydroxylation is 1. The predicted octanol–water partition coefficient (Wildman–Crippen LogP) is 1.76. The number of aromatic nitrogens is 2. The molecule has 0 radical (unpaired) electrons. The summed E-state index contributed by atoms with van der Waals surface area (Å²) >= 11 is 1.71. The summed E-state index contributed by atoms with van der Waals surface area (Å²) in [7, 11) is 0. The molecule has 2 aromatic rings. The summed E-state index contributed by atoms with van der Waals surface area (Å²) in [6.07, 6.45) is 1.86. The summed E-state index contributed by atoms with van der Waals surface area (Å²) in [5.74, 6) is 0.954. The summed E-state index contributed by atoms with van der Waals surface area (Å²) in [4.78, 5) is 9.08. The van der Waals surface area contributed by atoms with Crippen LogP contribution in [0.2, 0.25) is 0 Å². The van der Waals surface area contributed by atoms with Gasteiger partial charge in [-0.25, -0.2) is 4.98 Å². The zero-order chi connectivity index (χ0) is 12.4. The van der Waals surface area contributed by atoms with Gasteiger partial charge < -0.3 is 9.42 Å². The minimum Gasteiger partial charge on any atom is -0.360 e. The van der Waals surface area contributed by atoms with E-state index in [1.165, 1.54) is 0 Å². The monoisotopic (exact) mass is 264 g/mol. The van der Waals surface area contributed by atoms with Crippen molar-refractivity contribution >= 4 is 16.5 Å². The van der Waals surface area contributed by atoms with E-state index in [4.69, 9.17) is 4.52 Å². The van der Waals surface area contributed by atoms with Gasteiger partial charge in [0, 0.05) is 43.8 Å². The maximum Gasteiger partial charge on any atom is 0.185 e. The van der Waals surface area contributed by atoms with Crippen LogP contribution in [0, 0.1) is 6.92 Å². The lowest BCUT2D eigenvalue weighted by Crippen LogP contribution is -2.45. The molecule has 2 aromatic heterocycles. The Morgan fingerprint density at radius 2 is 2.17 bits per heavy atom. The van der Waals surface area contributed by atoms with Crippen molar-refractivity contribution in [2.24, 2.45) is 0 Å². The topological polar surface area (TPSA) is 45.4 Å². The molecule has 1 aliphatic heterocycles. The zero-order valence-electron chi connectivity index (χ0n) is 10.4. The fourth-order valence-corrected chi connectivity index (χ4v) is 2.88. The highest BCUT2D eigenvalue weighted by molar-refractivity contribution is 7.13. The minimum absolute atomic E-state index is 0.854. The van der Waals surface area contributed by atoms with E-state index in [1.807, 2.05) is 24.6 Å². The maximum absolute atomic E-state index is 5.25. The summed E-state index contributed by atoms with van der Waals surface area (Å²) < 4.78 is 5.25. The van der Waals surface area contributed by atoms with E-state index < -0.39 is 0 Å². The van der Waals surface area contributed by atoms with Crippen molar-refractivity contribution in [3.05, 3.63) is 29.1 Å². The van der Waals surface area contributed by atoms with Crippen molar-refractivity contribution in [1.29, 1.82) is 0 Å². The molecule has 0 N–H and O–H groups in total. The molecule has 18 heavy (non-hydrogen) atoms. The molecule has 0 spiro atoms. The molecule has 3 heterocycles. The number of hydrogen-bond donors (Lipinski definition) is 0. The first kappa shape index (κ1) is 11.7. The summed E-state index contributed by atoms with van der Waals surface area (Å²) in [6.45, 7) is 6.94. The van der Waals surface area contributed by atoms with Crippen LogP contribution >= 0.6 is 11.3 Å². The molecule has 1 fully saturated rings. The van der Waals surface area contributed by atoms with Crippen LogP contribution in [0.25, 0.3) is 0 Å². The van der Waals surface area contributed by atoms with Crippen LogP contribution in [0.5, 0.6) is 0 Å². The molecule has 0 atom stereocenters. The van der Waals surface area contributed by atoms with E-state index in [9.17, 15) is 0 Å². The fraction of sp³-hybridized carbons (Fsp3) is 0.500. The second-order valence-corrected chi connectivity index (χ2v) is 5.39. The smallest absolute Gasteiger partial charge is 0.185 e. The number of piperazine rings is 1. The first-order chi connectivity index (χ1) is 8.81. The lowest BCUT2D eigenvalue weighted by atomic mass is 10.3. The van der Waals surface area contributed by atoms with Gasteiger partial charge in [-0.3, -0.25) is 4.90 Å². The Morgan fingerprint density at radius 3 is 2.78 bits per heavy atom. The van der Waals surface area contributed by atoms with Crippen LogP contribution in [0.3, 0.4) is 0 Å². The Morgan fingerprint density at radius 1 is 1.33 bits per heavy atom. The molecule has 1 aliphatic rings. The Kier molecular flexibility index (Phi) is 3.29. The lowest BCUT2D eigenvalue weighted by molar-refractivity contribution is 0.219. The Labute approximate surface area is 110 Å². The predicted molar refractivity (Wildman–Crippen MR) is 70.8 cm³/mol. The van der Waals surface area contributed by atoms with E-state index >= 15 is 0 Å². The van der Waals surface area contributed by atoms with E-state index in [-0.39, 0.29) is 0 Å². The number of hydrogen-bond acceptors (Lipinski definition) is 6. The zero-order valence-corrected chi connectivity index (χ0v) is 11.2. The lowest BCUT2D eigenvalue weighted by Gasteiger charge is -2.33. The first-order valence-corrected chi connectivity index (χ1v) is 6.98. The van der Waals surface area contributed by atoms with Gasteiger partial charge in [-0.15, -0.1) is 11.3 Å². The molecule has 96 valence electrons. The van der Waals surface area contributed by atoms with Crippen LogP contribution in [0.4, 0.5) is 5.13 Å². The molecule has 0 aliphatic carbocycles. The number of anilines is 1. The highest BCUT2D eigenvalue weighted by Crippen LogP contribution is 2.19. The Bertz CT molecular complexity index is 488. The molecule has 1 saturated heterocycles. The molecule has 0 bridgehead atoms. The second kappa shape index (κ2) is 5.07. The van der Waals surface area contributed by atoms with E-state index in [0.717, 1.165) is 49.3 Å². The molecule has 3 rings (SSSR count). The highest BCUT2D eigenvalue weighted by Gasteiger charge is 2.19. The van der Waals surface area contributed by atoms with Gasteiger partial charge >= 0.3 is 0 Å². The molecule has 0 saturated carbocycles. The SMILES string of the molecule is Cc1cc(CN2CCN(c3nccs3)CC2)on1. The van der Waals surface area contributed by atoms with Crippen molar-refractivity contribution in [3.63, 3.8) is 0 Å². The first-order valence-electron chi connectivity index (χ1n) is 6.10. The van der Waals surface area contributed by atoms with Crippen LogP contribution in [0.15, 0.2) is 22.2 Å². The normalized spacial score (nSPS) is 17.3. The van der Waals surface area contributed by atoms with Gasteiger partial charge in [-0.1, -0.05) is 5.16 Å². The van der Waals surface area contributed by atoms with Gasteiger partial charge in [0.2, 0.25) is 0 Å². The maximum atomic E-state index is 5.25. The highest BCUT2D eigenvalue weighted by atomic mass is 32.1. The van der Waals surface area contributed by atoms with Crippen molar-refractivity contribution in [2.75, 3.05) is 31.1 Å². The fourth-order valence-electron chi connectivity index (χ4n) is 2.18. The van der Waals surface area contributed by atoms with Crippen molar-refractivity contribution in [3.8, 4) is 0 Å². The molecular weight excluding hydrogens is 248 g/mol. The van der Waals surface area contributed by atoms with Crippen LogP contribution in [-0.2, 0) is 6.54 Å². The summed E-state index contributed by atoms with van der Waals surface area (Å²) in [6, 6.07) is 2.01. The molecule has 5 nitrogen and oxygen atoms in total. The standard InChI is InChI=1S/C12H16N4OS/c1-10-8-11(17-14-10)9-15-3-5-16(6-4-15)12-13-2-7-18-12/h2,7-8H,3-6,9H2,1H3. The van der Waals surface area contributed by atoms with Gasteiger partial charge in [-0.05, 0) is 6.92 Å². The average molecular weight is 264 g/mol. The second-order valence-electron chi connectivity index (χ2n) is 4.51. The molecule has 0 amide bonds. The van der Waals surface area contributed by atoms with Crippen molar-refractivity contribution in [2.45, 2.75) is 13.5 Å². The molecule has 6 heteroatoms. The van der Waals surface area contributed by atoms with Gasteiger partial charge in [0.15, 0.2) is 10.9 Å². The molecule has 0 aromatic carbocycles. The van der Waals surface area contributed by atoms with Gasteiger partial charge in [0.25, 0.3) is 0 Å². The average Bonchev–Trinajstić information content (AvgIpc) is 3.02. The number of rotatable bonds is 3. The number of thiazole rings is 1. The van der Waals surface area contributed by atoms with Crippen LogP contribution in [-0.4, -0.2) is 41.2 Å². The third-order valence-electron chi connectivity index (χ3n) is 3.12. The van der Waals surface area contributed by atoms with Gasteiger partial charge in [0.1, 0.15) is 0 Å². The third-order valence-corrected chi connectivity index (χ3v) is 3.95. The summed E-state index contributed by atoms with van der Waals surface area (Å²) in [5, 5.41) is 7.07. The number of nitrogens with zero attached hydrogens (tertiary/aromatic N) is 4. The van der Waals surface area contributed by atoms with Crippen molar-refractivity contribution < 1.29 is 4.52 Å². The Hall–Kier alpha value is -1.40. The van der Waals surface area contributed by atoms with Crippen molar-refractivity contribution in [1.82, 2.24) is 15.0 Å². The summed E-state index contributed by atoms with van der Waals surface area (Å²) in [5.41, 5.74) is 0.950. The van der Waals surface area contributed by atoms with Gasteiger partial charge in [0.05, 0.1) is 12.2 Å². The largest absolute Gasteiger partial charge is 0.360 e. The molecular formula is C12H16N4OS. The van der Waals surface area contributed by atoms with Crippen LogP contribution in [0.1, 0.15) is 11.5 Å². The van der Waals surface area contributed by atoms with E-state index in [0.29, 0.717) is 0 Å².